The Balaban J connectivity index is 1.90. The van der Waals surface area contributed by atoms with Gasteiger partial charge in [0.05, 0.1) is 0 Å². The van der Waals surface area contributed by atoms with Crippen molar-refractivity contribution in [3.05, 3.63) is 47.3 Å². The van der Waals surface area contributed by atoms with E-state index in [-0.39, 0.29) is 0 Å². The van der Waals surface area contributed by atoms with Crippen LogP contribution in [-0.4, -0.2) is 17.0 Å². The van der Waals surface area contributed by atoms with E-state index in [1.165, 1.54) is 18.4 Å². The van der Waals surface area contributed by atoms with Crippen LogP contribution in [0.25, 0.3) is 0 Å². The van der Waals surface area contributed by atoms with Gasteiger partial charge in [-0.1, -0.05) is 30.3 Å². The molecule has 1 fully saturated rings. The normalized spacial score (nSPS) is 14.0. The molecule has 1 aromatic carbocycles. The van der Waals surface area contributed by atoms with Crippen LogP contribution in [0.4, 0.5) is 11.6 Å². The van der Waals surface area contributed by atoms with E-state index in [1.807, 2.05) is 13.0 Å². The van der Waals surface area contributed by atoms with Crippen molar-refractivity contribution in [2.45, 2.75) is 32.2 Å². The molecule has 1 saturated carbocycles. The summed E-state index contributed by atoms with van der Waals surface area (Å²) in [6.07, 6.45) is 2.35. The summed E-state index contributed by atoms with van der Waals surface area (Å²) in [5.41, 5.74) is 4.94. The minimum absolute atomic E-state index is 0.501. The van der Waals surface area contributed by atoms with E-state index in [2.05, 4.69) is 46.6 Å². The van der Waals surface area contributed by atoms with Crippen molar-refractivity contribution in [2.75, 3.05) is 17.4 Å². The highest BCUT2D eigenvalue weighted by Crippen LogP contribution is 2.39. The molecular weight excluding hydrogens is 262 g/mol. The maximum atomic E-state index is 5.60. The smallest absolute Gasteiger partial charge is 0.148 e. The zero-order valence-corrected chi connectivity index (χ0v) is 12.5. The lowest BCUT2D eigenvalue weighted by molar-refractivity contribution is 0.845. The maximum Gasteiger partial charge on any atom is 0.148 e. The lowest BCUT2D eigenvalue weighted by Crippen LogP contribution is -2.22. The van der Waals surface area contributed by atoms with Gasteiger partial charge in [-0.05, 0) is 25.3 Å². The topological polar surface area (TPSA) is 67.1 Å². The Morgan fingerprint density at radius 3 is 2.57 bits per heavy atom. The average Bonchev–Trinajstić information content (AvgIpc) is 3.33. The van der Waals surface area contributed by atoms with E-state index in [9.17, 15) is 0 Å². The Morgan fingerprint density at radius 1 is 1.24 bits per heavy atom. The Hall–Kier alpha value is -2.14. The van der Waals surface area contributed by atoms with Gasteiger partial charge in [-0.15, -0.1) is 0 Å². The summed E-state index contributed by atoms with van der Waals surface area (Å²) in [6, 6.07) is 10.4. The lowest BCUT2D eigenvalue weighted by atomic mass is 10.2. The SMILES string of the molecule is Cc1c(NN)nc(C2CC2)nc1N(C)Cc1ccccc1. The zero-order chi connectivity index (χ0) is 14.8. The summed E-state index contributed by atoms with van der Waals surface area (Å²) in [5.74, 6) is 8.68. The number of nitrogens with two attached hydrogens (primary N) is 1. The summed E-state index contributed by atoms with van der Waals surface area (Å²) in [6.45, 7) is 2.81. The van der Waals surface area contributed by atoms with Crippen molar-refractivity contribution in [1.29, 1.82) is 0 Å². The highest BCUT2D eigenvalue weighted by molar-refractivity contribution is 5.58. The molecule has 110 valence electrons. The molecule has 3 N–H and O–H groups in total. The highest BCUT2D eigenvalue weighted by atomic mass is 15.3. The van der Waals surface area contributed by atoms with Crippen LogP contribution < -0.4 is 16.2 Å². The Bertz CT molecular complexity index is 622. The van der Waals surface area contributed by atoms with Gasteiger partial charge >= 0.3 is 0 Å². The van der Waals surface area contributed by atoms with Gasteiger partial charge in [-0.3, -0.25) is 0 Å². The summed E-state index contributed by atoms with van der Waals surface area (Å²) in [7, 11) is 2.05. The number of rotatable bonds is 5. The number of hydrogen-bond acceptors (Lipinski definition) is 5. The van der Waals surface area contributed by atoms with Crippen molar-refractivity contribution in [2.24, 2.45) is 5.84 Å². The number of hydrazine groups is 1. The predicted octanol–water partition coefficient (Wildman–Crippen LogP) is 2.58. The predicted molar refractivity (Wildman–Crippen MR) is 85.1 cm³/mol. The van der Waals surface area contributed by atoms with Crippen molar-refractivity contribution >= 4 is 11.6 Å². The Morgan fingerprint density at radius 2 is 1.95 bits per heavy atom. The molecule has 21 heavy (non-hydrogen) atoms. The molecule has 3 rings (SSSR count). The second-order valence-electron chi connectivity index (χ2n) is 5.64. The molecule has 0 aliphatic heterocycles. The van der Waals surface area contributed by atoms with Gasteiger partial charge < -0.3 is 10.3 Å². The molecule has 1 heterocycles. The fourth-order valence-corrected chi connectivity index (χ4v) is 2.49. The van der Waals surface area contributed by atoms with Crippen LogP contribution in [0, 0.1) is 6.92 Å². The number of hydrogen-bond donors (Lipinski definition) is 2. The van der Waals surface area contributed by atoms with E-state index in [1.54, 1.807) is 0 Å². The molecule has 1 aromatic heterocycles. The fourth-order valence-electron chi connectivity index (χ4n) is 2.49. The van der Waals surface area contributed by atoms with Gasteiger partial charge in [0.15, 0.2) is 0 Å². The van der Waals surface area contributed by atoms with Crippen LogP contribution in [0.1, 0.15) is 35.7 Å². The summed E-state index contributed by atoms with van der Waals surface area (Å²) < 4.78 is 0. The van der Waals surface area contributed by atoms with E-state index in [0.717, 1.165) is 29.6 Å². The second-order valence-corrected chi connectivity index (χ2v) is 5.64. The van der Waals surface area contributed by atoms with Gasteiger partial charge in [0.2, 0.25) is 0 Å². The molecule has 0 atom stereocenters. The van der Waals surface area contributed by atoms with Crippen molar-refractivity contribution in [1.82, 2.24) is 9.97 Å². The minimum Gasteiger partial charge on any atom is -0.355 e. The molecule has 2 aromatic rings. The first kappa shape index (κ1) is 13.8. The number of nitrogen functional groups attached to an aromatic ring is 1. The summed E-state index contributed by atoms with van der Waals surface area (Å²) in [4.78, 5) is 11.4. The number of nitrogens with one attached hydrogen (secondary N) is 1. The molecule has 1 aliphatic carbocycles. The van der Waals surface area contributed by atoms with E-state index in [0.29, 0.717) is 5.92 Å². The van der Waals surface area contributed by atoms with Crippen LogP contribution in [0.2, 0.25) is 0 Å². The maximum absolute atomic E-state index is 5.60. The molecule has 0 radical (unpaired) electrons. The molecular formula is C16H21N5. The molecule has 0 bridgehead atoms. The second kappa shape index (κ2) is 5.69. The summed E-state index contributed by atoms with van der Waals surface area (Å²) in [5, 5.41) is 0. The molecule has 0 amide bonds. The first-order valence-corrected chi connectivity index (χ1v) is 7.29. The Kier molecular flexibility index (Phi) is 3.75. The largest absolute Gasteiger partial charge is 0.355 e. The number of nitrogens with zero attached hydrogens (tertiary/aromatic N) is 3. The first-order valence-electron chi connectivity index (χ1n) is 7.29. The zero-order valence-electron chi connectivity index (χ0n) is 12.5. The standard InChI is InChI=1S/C16H21N5/c1-11-14(20-17)18-15(13-8-9-13)19-16(11)21(2)10-12-6-4-3-5-7-12/h3-7,13H,8-10,17H2,1-2H3,(H,18,19,20). The van der Waals surface area contributed by atoms with Crippen molar-refractivity contribution in [3.63, 3.8) is 0 Å². The molecule has 0 unspecified atom stereocenters. The fraction of sp³-hybridized carbons (Fsp3) is 0.375. The molecule has 0 saturated heterocycles. The Labute approximate surface area is 125 Å². The number of anilines is 2. The van der Waals surface area contributed by atoms with E-state index in [4.69, 9.17) is 10.8 Å². The van der Waals surface area contributed by atoms with Gasteiger partial charge in [0, 0.05) is 25.1 Å². The monoisotopic (exact) mass is 283 g/mol. The van der Waals surface area contributed by atoms with E-state index >= 15 is 0 Å². The molecule has 5 heteroatoms. The van der Waals surface area contributed by atoms with Gasteiger partial charge in [0.1, 0.15) is 17.5 Å². The van der Waals surface area contributed by atoms with Crippen LogP contribution in [0.3, 0.4) is 0 Å². The third kappa shape index (κ3) is 2.97. The van der Waals surface area contributed by atoms with Crippen LogP contribution in [0.15, 0.2) is 30.3 Å². The van der Waals surface area contributed by atoms with Crippen molar-refractivity contribution < 1.29 is 0 Å². The lowest BCUT2D eigenvalue weighted by Gasteiger charge is -2.22. The quantitative estimate of drug-likeness (QED) is 0.652. The minimum atomic E-state index is 0.501. The third-order valence-corrected chi connectivity index (χ3v) is 3.84. The molecule has 5 nitrogen and oxygen atoms in total. The third-order valence-electron chi connectivity index (χ3n) is 3.84. The van der Waals surface area contributed by atoms with Crippen LogP contribution >= 0.6 is 0 Å². The number of benzene rings is 1. The van der Waals surface area contributed by atoms with Gasteiger partial charge in [0.25, 0.3) is 0 Å². The van der Waals surface area contributed by atoms with Crippen LogP contribution in [0.5, 0.6) is 0 Å². The number of aromatic nitrogens is 2. The molecule has 0 spiro atoms. The van der Waals surface area contributed by atoms with Gasteiger partial charge in [-0.25, -0.2) is 15.8 Å². The molecule has 1 aliphatic rings. The first-order chi connectivity index (χ1) is 10.2. The average molecular weight is 283 g/mol. The van der Waals surface area contributed by atoms with E-state index < -0.39 is 0 Å². The van der Waals surface area contributed by atoms with Gasteiger partial charge in [-0.2, -0.15) is 0 Å². The highest BCUT2D eigenvalue weighted by Gasteiger charge is 2.28. The van der Waals surface area contributed by atoms with Crippen molar-refractivity contribution in [3.8, 4) is 0 Å². The van der Waals surface area contributed by atoms with Crippen LogP contribution in [-0.2, 0) is 6.54 Å². The summed E-state index contributed by atoms with van der Waals surface area (Å²) >= 11 is 0.